The zero-order valence-corrected chi connectivity index (χ0v) is 14.8. The highest BCUT2D eigenvalue weighted by molar-refractivity contribution is 7.15. The monoisotopic (exact) mass is 374 g/mol. The second-order valence-corrected chi connectivity index (χ2v) is 6.61. The van der Waals surface area contributed by atoms with Crippen LogP contribution in [0.15, 0.2) is 46.2 Å². The predicted octanol–water partition coefficient (Wildman–Crippen LogP) is 4.62. The van der Waals surface area contributed by atoms with E-state index in [1.165, 1.54) is 23.6 Å². The van der Waals surface area contributed by atoms with E-state index in [0.717, 1.165) is 10.6 Å². The van der Waals surface area contributed by atoms with Gasteiger partial charge < -0.3 is 4.74 Å². The van der Waals surface area contributed by atoms with Gasteiger partial charge in [-0.1, -0.05) is 6.07 Å². The van der Waals surface area contributed by atoms with E-state index < -0.39 is 4.92 Å². The highest BCUT2D eigenvalue weighted by Gasteiger charge is 2.15. The number of nitrogens with zero attached hydrogens (tertiary/aromatic N) is 3. The Morgan fingerprint density at radius 3 is 3.00 bits per heavy atom. The Morgan fingerprint density at radius 2 is 2.28 bits per heavy atom. The topological polar surface area (TPSA) is 89.7 Å². The lowest BCUT2D eigenvalue weighted by Gasteiger charge is -2.04. The van der Waals surface area contributed by atoms with Gasteiger partial charge in [0.25, 0.3) is 0 Å². The number of hydrogen-bond acceptors (Lipinski definition) is 8. The lowest BCUT2D eigenvalue weighted by molar-refractivity contribution is -0.385. The molecule has 2 aromatic heterocycles. The number of benzene rings is 1. The number of rotatable bonds is 7. The van der Waals surface area contributed by atoms with Crippen molar-refractivity contribution in [2.75, 3.05) is 12.0 Å². The van der Waals surface area contributed by atoms with Gasteiger partial charge in [0.05, 0.1) is 28.3 Å². The normalized spacial score (nSPS) is 10.9. The number of ether oxygens (including phenoxy) is 1. The summed E-state index contributed by atoms with van der Waals surface area (Å²) in [5.74, 6) is 0.248. The molecule has 0 aliphatic rings. The average molecular weight is 374 g/mol. The quantitative estimate of drug-likeness (QED) is 0.370. The van der Waals surface area contributed by atoms with Crippen molar-refractivity contribution in [3.05, 3.63) is 56.8 Å². The molecule has 0 atom stereocenters. The third-order valence-electron chi connectivity index (χ3n) is 3.13. The van der Waals surface area contributed by atoms with Gasteiger partial charge in [0.2, 0.25) is 5.13 Å². The third kappa shape index (κ3) is 4.20. The van der Waals surface area contributed by atoms with Crippen LogP contribution in [0.4, 0.5) is 10.8 Å². The molecule has 2 heterocycles. The van der Waals surface area contributed by atoms with Crippen LogP contribution in [0.5, 0.6) is 5.75 Å². The van der Waals surface area contributed by atoms with Crippen LogP contribution in [0.2, 0.25) is 0 Å². The van der Waals surface area contributed by atoms with Crippen LogP contribution < -0.4 is 10.2 Å². The van der Waals surface area contributed by atoms with Gasteiger partial charge in [-0.3, -0.25) is 15.5 Å². The zero-order valence-electron chi connectivity index (χ0n) is 13.2. The molecule has 0 unspecified atom stereocenters. The highest BCUT2D eigenvalue weighted by Crippen LogP contribution is 2.29. The van der Waals surface area contributed by atoms with Gasteiger partial charge in [-0.2, -0.15) is 5.10 Å². The molecule has 3 rings (SSSR count). The van der Waals surface area contributed by atoms with E-state index in [2.05, 4.69) is 15.5 Å². The summed E-state index contributed by atoms with van der Waals surface area (Å²) in [7, 11) is 0. The first-order valence-electron chi connectivity index (χ1n) is 7.37. The number of nitro benzene ring substituents is 1. The van der Waals surface area contributed by atoms with Gasteiger partial charge in [-0.25, -0.2) is 4.98 Å². The molecule has 0 fully saturated rings. The SMILES string of the molecule is CCOc1ccc(/C=N\Nc2nc(-c3cccs3)cs2)cc1[N+](=O)[O-]. The van der Waals surface area contributed by atoms with E-state index in [4.69, 9.17) is 4.74 Å². The molecule has 9 heteroatoms. The first kappa shape index (κ1) is 17.1. The summed E-state index contributed by atoms with van der Waals surface area (Å²) in [6, 6.07) is 8.69. The molecule has 0 bridgehead atoms. The van der Waals surface area contributed by atoms with Crippen LogP contribution in [0.25, 0.3) is 10.6 Å². The first-order valence-corrected chi connectivity index (χ1v) is 9.13. The average Bonchev–Trinajstić information content (AvgIpc) is 3.27. The number of thiophene rings is 1. The van der Waals surface area contributed by atoms with Crippen molar-refractivity contribution in [2.24, 2.45) is 5.10 Å². The summed E-state index contributed by atoms with van der Waals surface area (Å²) in [4.78, 5) is 16.2. The lowest BCUT2D eigenvalue weighted by Crippen LogP contribution is -1.99. The van der Waals surface area contributed by atoms with Crippen molar-refractivity contribution in [3.63, 3.8) is 0 Å². The summed E-state index contributed by atoms with van der Waals surface area (Å²) < 4.78 is 5.26. The minimum atomic E-state index is -0.468. The fourth-order valence-electron chi connectivity index (χ4n) is 2.06. The Hall–Kier alpha value is -2.78. The molecule has 0 radical (unpaired) electrons. The molecular formula is C16H14N4O3S2. The molecule has 0 aliphatic carbocycles. The minimum absolute atomic E-state index is 0.0833. The van der Waals surface area contributed by atoms with Crippen LogP contribution in [0.3, 0.4) is 0 Å². The third-order valence-corrected chi connectivity index (χ3v) is 4.77. The van der Waals surface area contributed by atoms with E-state index in [1.54, 1.807) is 30.4 Å². The fraction of sp³-hybridized carbons (Fsp3) is 0.125. The van der Waals surface area contributed by atoms with Crippen LogP contribution in [-0.2, 0) is 0 Å². The summed E-state index contributed by atoms with van der Waals surface area (Å²) >= 11 is 3.06. The fourth-order valence-corrected chi connectivity index (χ4v) is 3.48. The molecule has 128 valence electrons. The van der Waals surface area contributed by atoms with Gasteiger partial charge in [0.1, 0.15) is 0 Å². The van der Waals surface area contributed by atoms with Crippen LogP contribution in [-0.4, -0.2) is 22.7 Å². The van der Waals surface area contributed by atoms with Crippen molar-refractivity contribution in [2.45, 2.75) is 6.92 Å². The summed E-state index contributed by atoms with van der Waals surface area (Å²) in [6.45, 7) is 2.15. The number of hydrazone groups is 1. The maximum Gasteiger partial charge on any atom is 0.311 e. The van der Waals surface area contributed by atoms with Gasteiger partial charge in [-0.15, -0.1) is 22.7 Å². The molecule has 25 heavy (non-hydrogen) atoms. The Labute approximate surface area is 151 Å². The number of anilines is 1. The van der Waals surface area contributed by atoms with E-state index in [9.17, 15) is 10.1 Å². The number of thiazole rings is 1. The van der Waals surface area contributed by atoms with Crippen molar-refractivity contribution >= 4 is 39.7 Å². The van der Waals surface area contributed by atoms with E-state index >= 15 is 0 Å². The standard InChI is InChI=1S/C16H14N4O3S2/c1-2-23-14-6-5-11(8-13(14)20(21)22)9-17-19-16-18-12(10-25-16)15-4-3-7-24-15/h3-10H,2H2,1H3,(H,18,19)/b17-9-. The molecular weight excluding hydrogens is 360 g/mol. The molecule has 3 aromatic rings. The highest BCUT2D eigenvalue weighted by atomic mass is 32.1. The van der Waals surface area contributed by atoms with Crippen LogP contribution in [0, 0.1) is 10.1 Å². The molecule has 7 nitrogen and oxygen atoms in total. The number of aromatic nitrogens is 1. The van der Waals surface area contributed by atoms with E-state index in [1.807, 2.05) is 22.9 Å². The lowest BCUT2D eigenvalue weighted by atomic mass is 10.2. The van der Waals surface area contributed by atoms with Crippen molar-refractivity contribution in [1.82, 2.24) is 4.98 Å². The van der Waals surface area contributed by atoms with Crippen molar-refractivity contribution in [3.8, 4) is 16.3 Å². The molecule has 0 spiro atoms. The number of nitro groups is 1. The second-order valence-electron chi connectivity index (χ2n) is 4.80. The Kier molecular flexibility index (Phi) is 5.36. The molecule has 1 aromatic carbocycles. The number of nitrogens with one attached hydrogen (secondary N) is 1. The molecule has 1 N–H and O–H groups in total. The van der Waals surface area contributed by atoms with Crippen molar-refractivity contribution in [1.29, 1.82) is 0 Å². The van der Waals surface area contributed by atoms with E-state index in [0.29, 0.717) is 17.3 Å². The minimum Gasteiger partial charge on any atom is -0.487 e. The second kappa shape index (κ2) is 7.86. The predicted molar refractivity (Wildman–Crippen MR) is 101 cm³/mol. The maximum absolute atomic E-state index is 11.1. The summed E-state index contributed by atoms with van der Waals surface area (Å²) in [5, 5.41) is 19.8. The molecule has 0 saturated carbocycles. The van der Waals surface area contributed by atoms with Gasteiger partial charge in [0.15, 0.2) is 5.75 Å². The Morgan fingerprint density at radius 1 is 1.40 bits per heavy atom. The zero-order chi connectivity index (χ0) is 17.6. The Balaban J connectivity index is 1.70. The summed E-state index contributed by atoms with van der Waals surface area (Å²) in [5.41, 5.74) is 4.25. The van der Waals surface area contributed by atoms with Crippen LogP contribution >= 0.6 is 22.7 Å². The van der Waals surface area contributed by atoms with E-state index in [-0.39, 0.29) is 11.4 Å². The molecule has 0 amide bonds. The summed E-state index contributed by atoms with van der Waals surface area (Å²) in [6.07, 6.45) is 1.51. The molecule has 0 aliphatic heterocycles. The smallest absolute Gasteiger partial charge is 0.311 e. The molecule has 0 saturated heterocycles. The first-order chi connectivity index (χ1) is 12.2. The Bertz CT molecular complexity index is 891. The van der Waals surface area contributed by atoms with Gasteiger partial charge >= 0.3 is 5.69 Å². The van der Waals surface area contributed by atoms with Gasteiger partial charge in [0, 0.05) is 17.0 Å². The van der Waals surface area contributed by atoms with Crippen molar-refractivity contribution < 1.29 is 9.66 Å². The maximum atomic E-state index is 11.1. The van der Waals surface area contributed by atoms with Crippen LogP contribution in [0.1, 0.15) is 12.5 Å². The number of hydrogen-bond donors (Lipinski definition) is 1. The largest absolute Gasteiger partial charge is 0.487 e. The van der Waals surface area contributed by atoms with Gasteiger partial charge in [-0.05, 0) is 30.5 Å².